The number of hydrogen-bond donors (Lipinski definition) is 4. The van der Waals surface area contributed by atoms with Crippen LogP contribution in [0.15, 0.2) is 58.8 Å². The number of fused-ring (bicyclic) bond motifs is 1. The Labute approximate surface area is 252 Å². The van der Waals surface area contributed by atoms with E-state index in [1.54, 1.807) is 10.7 Å². The lowest BCUT2D eigenvalue weighted by atomic mass is 10.1. The molecule has 3 heterocycles. The number of carbonyl (C=O) groups is 2. The van der Waals surface area contributed by atoms with Crippen molar-refractivity contribution in [1.82, 2.24) is 20.4 Å². The van der Waals surface area contributed by atoms with Gasteiger partial charge in [0.2, 0.25) is 5.91 Å². The summed E-state index contributed by atoms with van der Waals surface area (Å²) in [4.78, 5) is 21.0. The standard InChI is InChI=1S/C24H24ClN5O4S2.C2HF3O2/c1-34-19-7-3-6-18-22(19)23(29-36(32,33)21-9-8-20(25)35-21)28-30(18)14-16-5-2-4-15(12-16)13-27-24(31)17-10-11-26-17;3-2(4,5)1(6)7/h2-9,12,17,26H,10-11,13-14H2,1H3,(H,27,31)(H,28,29);(H,6,7)/t17-;/m0./s1. The normalized spacial score (nSPS) is 14.8. The number of ether oxygens (including phenoxy) is 1. The Bertz CT molecular complexity index is 1740. The third-order valence-electron chi connectivity index (χ3n) is 6.18. The number of nitrogens with one attached hydrogen (secondary N) is 3. The van der Waals surface area contributed by atoms with Crippen molar-refractivity contribution in [2.45, 2.75) is 35.9 Å². The summed E-state index contributed by atoms with van der Waals surface area (Å²) in [6.07, 6.45) is -4.23. The monoisotopic (exact) mass is 659 g/mol. The van der Waals surface area contributed by atoms with Gasteiger partial charge in [0.25, 0.3) is 10.0 Å². The zero-order valence-electron chi connectivity index (χ0n) is 22.3. The fraction of sp³-hybridized carbons (Fsp3) is 0.269. The number of aliphatic carboxylic acids is 1. The average molecular weight is 660 g/mol. The number of halogens is 4. The highest BCUT2D eigenvalue weighted by atomic mass is 35.5. The van der Waals surface area contributed by atoms with Crippen LogP contribution in [0.3, 0.4) is 0 Å². The maximum Gasteiger partial charge on any atom is 0.490 e. The van der Waals surface area contributed by atoms with Crippen molar-refractivity contribution in [1.29, 1.82) is 0 Å². The molecule has 0 saturated carbocycles. The van der Waals surface area contributed by atoms with Gasteiger partial charge in [-0.05, 0) is 48.4 Å². The third kappa shape index (κ3) is 7.95. The largest absolute Gasteiger partial charge is 0.496 e. The number of amides is 1. The number of thiophene rings is 1. The topological polar surface area (TPSA) is 152 Å². The number of anilines is 1. The molecule has 1 aliphatic heterocycles. The summed E-state index contributed by atoms with van der Waals surface area (Å²) in [7, 11) is -2.36. The van der Waals surface area contributed by atoms with E-state index >= 15 is 0 Å². The molecule has 11 nitrogen and oxygen atoms in total. The molecule has 0 unspecified atom stereocenters. The summed E-state index contributed by atoms with van der Waals surface area (Å²) in [5.41, 5.74) is 2.63. The van der Waals surface area contributed by atoms with E-state index in [0.29, 0.717) is 34.1 Å². The van der Waals surface area contributed by atoms with Crippen molar-refractivity contribution in [3.8, 4) is 5.75 Å². The minimum absolute atomic E-state index is 0.000715. The van der Waals surface area contributed by atoms with Gasteiger partial charge in [-0.15, -0.1) is 11.3 Å². The Kier molecular flexibility index (Phi) is 9.84. The van der Waals surface area contributed by atoms with Gasteiger partial charge in [-0.25, -0.2) is 13.2 Å². The molecule has 0 aliphatic carbocycles. The highest BCUT2D eigenvalue weighted by Crippen LogP contribution is 2.35. The van der Waals surface area contributed by atoms with E-state index < -0.39 is 22.2 Å². The molecule has 1 aliphatic rings. The maximum absolute atomic E-state index is 13.0. The van der Waals surface area contributed by atoms with E-state index in [0.717, 1.165) is 35.4 Å². The van der Waals surface area contributed by atoms with Gasteiger partial charge in [-0.3, -0.25) is 14.2 Å². The van der Waals surface area contributed by atoms with Crippen LogP contribution in [0.25, 0.3) is 10.9 Å². The van der Waals surface area contributed by atoms with Gasteiger partial charge in [0, 0.05) is 6.54 Å². The first-order valence-corrected chi connectivity index (χ1v) is 15.2. The number of aromatic nitrogens is 2. The number of sulfonamides is 1. The van der Waals surface area contributed by atoms with Gasteiger partial charge in [0.05, 0.1) is 34.9 Å². The Morgan fingerprint density at radius 3 is 2.44 bits per heavy atom. The predicted octanol–water partition coefficient (Wildman–Crippen LogP) is 4.22. The molecule has 2 aromatic heterocycles. The molecule has 4 aromatic rings. The van der Waals surface area contributed by atoms with Crippen molar-refractivity contribution in [3.05, 3.63) is 70.1 Å². The van der Waals surface area contributed by atoms with E-state index in [9.17, 15) is 26.4 Å². The third-order valence-corrected chi connectivity index (χ3v) is 9.24. The average Bonchev–Trinajstić information content (AvgIpc) is 3.50. The van der Waals surface area contributed by atoms with E-state index in [4.69, 9.17) is 26.2 Å². The smallest absolute Gasteiger partial charge is 0.490 e. The summed E-state index contributed by atoms with van der Waals surface area (Å²) in [6, 6.07) is 16.2. The molecule has 4 N–H and O–H groups in total. The number of methoxy groups -OCH3 is 1. The summed E-state index contributed by atoms with van der Waals surface area (Å²) >= 11 is 6.91. The second-order valence-electron chi connectivity index (χ2n) is 9.16. The highest BCUT2D eigenvalue weighted by molar-refractivity contribution is 7.94. The molecule has 1 saturated heterocycles. The van der Waals surface area contributed by atoms with Crippen LogP contribution in [0.2, 0.25) is 4.34 Å². The molecular formula is C26H25ClF3N5O6S2. The molecular weight excluding hydrogens is 635 g/mol. The summed E-state index contributed by atoms with van der Waals surface area (Å²) in [5, 5.41) is 18.3. The zero-order valence-corrected chi connectivity index (χ0v) is 24.7. The number of carbonyl (C=O) groups excluding carboxylic acids is 1. The van der Waals surface area contributed by atoms with E-state index in [1.165, 1.54) is 19.2 Å². The van der Waals surface area contributed by atoms with Crippen molar-refractivity contribution in [2.75, 3.05) is 18.4 Å². The van der Waals surface area contributed by atoms with Crippen LogP contribution in [0.4, 0.5) is 19.0 Å². The lowest BCUT2D eigenvalue weighted by Gasteiger charge is -2.26. The molecule has 1 atom stereocenters. The van der Waals surface area contributed by atoms with Gasteiger partial charge < -0.3 is 20.5 Å². The van der Waals surface area contributed by atoms with Crippen LogP contribution < -0.4 is 20.1 Å². The molecule has 230 valence electrons. The molecule has 0 spiro atoms. The minimum atomic E-state index is -5.08. The molecule has 0 bridgehead atoms. The van der Waals surface area contributed by atoms with Crippen LogP contribution in [-0.4, -0.2) is 61.1 Å². The van der Waals surface area contributed by atoms with E-state index in [2.05, 4.69) is 20.5 Å². The minimum Gasteiger partial charge on any atom is -0.496 e. The number of carboxylic acid groups (broad SMARTS) is 1. The predicted molar refractivity (Wildman–Crippen MR) is 154 cm³/mol. The number of rotatable bonds is 9. The van der Waals surface area contributed by atoms with Crippen LogP contribution in [0, 0.1) is 0 Å². The van der Waals surface area contributed by atoms with Gasteiger partial charge >= 0.3 is 12.1 Å². The molecule has 5 rings (SSSR count). The first kappa shape index (κ1) is 32.1. The molecule has 1 fully saturated rings. The Morgan fingerprint density at radius 1 is 1.19 bits per heavy atom. The van der Waals surface area contributed by atoms with Gasteiger partial charge in [0.15, 0.2) is 5.82 Å². The van der Waals surface area contributed by atoms with E-state index in [-0.39, 0.29) is 22.0 Å². The molecule has 0 radical (unpaired) electrons. The first-order chi connectivity index (χ1) is 20.3. The molecule has 17 heteroatoms. The van der Waals surface area contributed by atoms with E-state index in [1.807, 2.05) is 36.4 Å². The van der Waals surface area contributed by atoms with Crippen LogP contribution in [-0.2, 0) is 32.7 Å². The fourth-order valence-corrected chi connectivity index (χ4v) is 6.51. The second kappa shape index (κ2) is 13.2. The molecule has 2 aromatic carbocycles. The van der Waals surface area contributed by atoms with Gasteiger partial charge in [-0.2, -0.15) is 18.3 Å². The maximum atomic E-state index is 13.0. The zero-order chi connectivity index (χ0) is 31.4. The number of alkyl halides is 3. The second-order valence-corrected chi connectivity index (χ2v) is 12.8. The summed E-state index contributed by atoms with van der Waals surface area (Å²) in [5.74, 6) is -2.08. The Morgan fingerprint density at radius 2 is 1.86 bits per heavy atom. The van der Waals surface area contributed by atoms with Crippen LogP contribution in [0.1, 0.15) is 17.5 Å². The molecule has 1 amide bonds. The van der Waals surface area contributed by atoms with Crippen molar-refractivity contribution in [3.63, 3.8) is 0 Å². The fourth-order valence-electron chi connectivity index (χ4n) is 4.01. The first-order valence-electron chi connectivity index (χ1n) is 12.5. The Balaban J connectivity index is 0.000000541. The van der Waals surface area contributed by atoms with Crippen molar-refractivity contribution >= 4 is 61.6 Å². The summed E-state index contributed by atoms with van der Waals surface area (Å²) < 4.78 is 68.0. The van der Waals surface area contributed by atoms with Crippen molar-refractivity contribution < 1.29 is 41.0 Å². The number of carboxylic acids is 1. The number of nitrogens with zero attached hydrogens (tertiary/aromatic N) is 2. The highest BCUT2D eigenvalue weighted by Gasteiger charge is 2.38. The van der Waals surface area contributed by atoms with Crippen LogP contribution in [0.5, 0.6) is 5.75 Å². The van der Waals surface area contributed by atoms with Crippen LogP contribution >= 0.6 is 22.9 Å². The molecule has 43 heavy (non-hydrogen) atoms. The number of hydrogen-bond acceptors (Lipinski definition) is 8. The van der Waals surface area contributed by atoms with Gasteiger partial charge in [-0.1, -0.05) is 41.9 Å². The number of benzene rings is 2. The van der Waals surface area contributed by atoms with Crippen molar-refractivity contribution in [2.24, 2.45) is 0 Å². The SMILES string of the molecule is COc1cccc2c1c(NS(=O)(=O)c1ccc(Cl)s1)nn2Cc1cccc(CNC(=O)[C@@H]2CCN2)c1.O=C(O)C(F)(F)F. The summed E-state index contributed by atoms with van der Waals surface area (Å²) in [6.45, 7) is 1.69. The lowest BCUT2D eigenvalue weighted by Crippen LogP contribution is -2.52. The van der Waals surface area contributed by atoms with Gasteiger partial charge in [0.1, 0.15) is 9.96 Å². The Hall–Kier alpha value is -3.86. The lowest BCUT2D eigenvalue weighted by molar-refractivity contribution is -0.192. The quantitative estimate of drug-likeness (QED) is 0.209.